The summed E-state index contributed by atoms with van der Waals surface area (Å²) in [6.45, 7) is 1.85. The van der Waals surface area contributed by atoms with E-state index in [9.17, 15) is 0 Å². The van der Waals surface area contributed by atoms with Crippen molar-refractivity contribution in [3.05, 3.63) is 10.9 Å². The van der Waals surface area contributed by atoms with E-state index in [1.807, 2.05) is 6.92 Å². The highest BCUT2D eigenvalue weighted by Crippen LogP contribution is 2.01. The standard InChI is InChI=1S/C5H5ClN2/c1-4-5(6)8-3-2-7-4/h7-8H,1H3. The average Bonchev–Trinajstić information content (AvgIpc) is 1.77. The molecule has 0 saturated heterocycles. The summed E-state index contributed by atoms with van der Waals surface area (Å²) in [5, 5.41) is 5.98. The van der Waals surface area contributed by atoms with Gasteiger partial charge in [0.05, 0.1) is 5.70 Å². The van der Waals surface area contributed by atoms with Crippen LogP contribution in [0.25, 0.3) is 0 Å². The molecular weight excluding hydrogens is 124 g/mol. The molecule has 0 unspecified atom stereocenters. The van der Waals surface area contributed by atoms with E-state index in [4.69, 9.17) is 11.6 Å². The van der Waals surface area contributed by atoms with Gasteiger partial charge >= 0.3 is 0 Å². The minimum Gasteiger partial charge on any atom is -0.314 e. The molecule has 1 aliphatic rings. The summed E-state index contributed by atoms with van der Waals surface area (Å²) in [4.78, 5) is 0. The van der Waals surface area contributed by atoms with Gasteiger partial charge in [-0.15, -0.1) is 0 Å². The maximum Gasteiger partial charge on any atom is 0.133 e. The van der Waals surface area contributed by atoms with Crippen LogP contribution in [-0.2, 0) is 0 Å². The van der Waals surface area contributed by atoms with Gasteiger partial charge in [0.25, 0.3) is 0 Å². The highest BCUT2D eigenvalue weighted by molar-refractivity contribution is 6.29. The number of hydrogen-bond acceptors (Lipinski definition) is 2. The third-order valence-electron chi connectivity index (χ3n) is 0.814. The van der Waals surface area contributed by atoms with Gasteiger partial charge in [0, 0.05) is 12.1 Å². The van der Waals surface area contributed by atoms with Crippen LogP contribution in [0.2, 0.25) is 0 Å². The van der Waals surface area contributed by atoms with Crippen molar-refractivity contribution in [1.82, 2.24) is 10.6 Å². The molecule has 0 aromatic heterocycles. The Hall–Kier alpha value is -0.810. The van der Waals surface area contributed by atoms with Crippen LogP contribution in [0.5, 0.6) is 0 Å². The van der Waals surface area contributed by atoms with Crippen molar-refractivity contribution in [3.63, 3.8) is 0 Å². The summed E-state index contributed by atoms with van der Waals surface area (Å²) in [6.07, 6.45) is 0. The van der Waals surface area contributed by atoms with Gasteiger partial charge in [-0.1, -0.05) is 11.6 Å². The van der Waals surface area contributed by atoms with Crippen molar-refractivity contribution in [2.45, 2.75) is 6.92 Å². The third-order valence-corrected chi connectivity index (χ3v) is 1.19. The van der Waals surface area contributed by atoms with E-state index in [0.717, 1.165) is 5.70 Å². The molecule has 0 saturated carbocycles. The third kappa shape index (κ3) is 0.877. The highest BCUT2D eigenvalue weighted by atomic mass is 35.5. The van der Waals surface area contributed by atoms with Gasteiger partial charge in [0.15, 0.2) is 0 Å². The molecule has 42 valence electrons. The van der Waals surface area contributed by atoms with Crippen molar-refractivity contribution in [2.24, 2.45) is 0 Å². The second-order valence-corrected chi connectivity index (χ2v) is 1.82. The van der Waals surface area contributed by atoms with Crippen LogP contribution in [-0.4, -0.2) is 0 Å². The Balaban J connectivity index is 2.74. The van der Waals surface area contributed by atoms with Gasteiger partial charge in [-0.25, -0.2) is 0 Å². The molecule has 0 spiro atoms. The fraction of sp³-hybridized carbons (Fsp3) is 0.200. The Labute approximate surface area is 52.9 Å². The number of halogens is 1. The number of nitrogens with one attached hydrogen (secondary N) is 2. The molecule has 8 heavy (non-hydrogen) atoms. The van der Waals surface area contributed by atoms with Crippen LogP contribution in [0, 0.1) is 12.1 Å². The number of allylic oxidation sites excluding steroid dienone is 1. The molecule has 2 nitrogen and oxygen atoms in total. The number of rotatable bonds is 0. The lowest BCUT2D eigenvalue weighted by Crippen LogP contribution is -2.16. The van der Waals surface area contributed by atoms with E-state index in [-0.39, 0.29) is 0 Å². The summed E-state index contributed by atoms with van der Waals surface area (Å²) < 4.78 is 0. The molecular formula is C5H5ClN2. The van der Waals surface area contributed by atoms with E-state index in [0.29, 0.717) is 5.16 Å². The van der Waals surface area contributed by atoms with Gasteiger partial charge in [-0.2, -0.15) is 0 Å². The predicted octanol–water partition coefficient (Wildman–Crippen LogP) is 0.525. The largest absolute Gasteiger partial charge is 0.314 e. The zero-order chi connectivity index (χ0) is 5.98. The monoisotopic (exact) mass is 128 g/mol. The molecule has 0 atom stereocenters. The highest BCUT2D eigenvalue weighted by Gasteiger charge is 1.96. The molecule has 0 amide bonds. The predicted molar refractivity (Wildman–Crippen MR) is 32.6 cm³/mol. The lowest BCUT2D eigenvalue weighted by molar-refractivity contribution is 0.997. The first kappa shape index (κ1) is 5.33. The molecule has 3 heteroatoms. The molecule has 0 fully saturated rings. The Morgan fingerprint density at radius 2 is 2.00 bits per heavy atom. The summed E-state index contributed by atoms with van der Waals surface area (Å²) in [5.41, 5.74) is 0.866. The van der Waals surface area contributed by atoms with Crippen molar-refractivity contribution < 1.29 is 0 Å². The molecule has 1 aliphatic heterocycles. The van der Waals surface area contributed by atoms with Gasteiger partial charge < -0.3 is 10.6 Å². The molecule has 1 heterocycles. The van der Waals surface area contributed by atoms with Gasteiger partial charge in [0.2, 0.25) is 0 Å². The topological polar surface area (TPSA) is 24.1 Å². The smallest absolute Gasteiger partial charge is 0.133 e. The first-order chi connectivity index (χ1) is 3.80. The fourth-order valence-corrected chi connectivity index (χ4v) is 0.454. The second kappa shape index (κ2) is 1.97. The van der Waals surface area contributed by atoms with Crippen LogP contribution in [0.1, 0.15) is 6.92 Å². The van der Waals surface area contributed by atoms with E-state index in [1.54, 1.807) is 0 Å². The maximum atomic E-state index is 5.57. The Morgan fingerprint density at radius 1 is 1.38 bits per heavy atom. The summed E-state index contributed by atoms with van der Waals surface area (Å²) >= 11 is 5.57. The van der Waals surface area contributed by atoms with Crippen LogP contribution >= 0.6 is 11.6 Å². The molecule has 1 rings (SSSR count). The Bertz CT molecular complexity index is 166. The SMILES string of the molecule is CC1=C(Cl)NC#CN1. The minimum absolute atomic E-state index is 0.573. The van der Waals surface area contributed by atoms with Crippen LogP contribution in [0.15, 0.2) is 10.9 Å². The molecule has 0 aromatic carbocycles. The van der Waals surface area contributed by atoms with E-state index in [2.05, 4.69) is 22.7 Å². The van der Waals surface area contributed by atoms with Crippen molar-refractivity contribution in [3.8, 4) is 12.1 Å². The first-order valence-corrected chi connectivity index (χ1v) is 2.57. The summed E-state index contributed by atoms with van der Waals surface area (Å²) in [6, 6.07) is 5.18. The zero-order valence-electron chi connectivity index (χ0n) is 4.38. The zero-order valence-corrected chi connectivity index (χ0v) is 5.13. The quantitative estimate of drug-likeness (QED) is 0.367. The number of hydrogen-bond donors (Lipinski definition) is 2. The van der Waals surface area contributed by atoms with Crippen molar-refractivity contribution in [2.75, 3.05) is 0 Å². The normalized spacial score (nSPS) is 15.8. The Morgan fingerprint density at radius 3 is 2.38 bits per heavy atom. The minimum atomic E-state index is 0.573. The summed E-state index contributed by atoms with van der Waals surface area (Å²) in [7, 11) is 0. The van der Waals surface area contributed by atoms with E-state index < -0.39 is 0 Å². The van der Waals surface area contributed by atoms with Gasteiger partial charge in [0.1, 0.15) is 5.16 Å². The van der Waals surface area contributed by atoms with Gasteiger partial charge in [-0.05, 0) is 6.92 Å². The molecule has 0 bridgehead atoms. The Kier molecular flexibility index (Phi) is 1.32. The lowest BCUT2D eigenvalue weighted by Gasteiger charge is -2.04. The van der Waals surface area contributed by atoms with Crippen molar-refractivity contribution >= 4 is 11.6 Å². The van der Waals surface area contributed by atoms with Crippen LogP contribution < -0.4 is 10.6 Å². The average molecular weight is 129 g/mol. The molecule has 2 N–H and O–H groups in total. The molecule has 0 radical (unpaired) electrons. The fourth-order valence-electron chi connectivity index (χ4n) is 0.360. The summed E-state index contributed by atoms with van der Waals surface area (Å²) in [5.74, 6) is 0. The lowest BCUT2D eigenvalue weighted by atomic mass is 10.5. The first-order valence-electron chi connectivity index (χ1n) is 2.19. The molecule has 0 aromatic rings. The van der Waals surface area contributed by atoms with E-state index in [1.165, 1.54) is 0 Å². The van der Waals surface area contributed by atoms with Crippen LogP contribution in [0.4, 0.5) is 0 Å². The van der Waals surface area contributed by atoms with Gasteiger partial charge in [-0.3, -0.25) is 0 Å². The maximum absolute atomic E-state index is 5.57. The van der Waals surface area contributed by atoms with E-state index >= 15 is 0 Å². The van der Waals surface area contributed by atoms with Crippen LogP contribution in [0.3, 0.4) is 0 Å². The van der Waals surface area contributed by atoms with Crippen molar-refractivity contribution in [1.29, 1.82) is 0 Å². The second-order valence-electron chi connectivity index (χ2n) is 1.44. The molecule has 0 aliphatic carbocycles.